The summed E-state index contributed by atoms with van der Waals surface area (Å²) in [5.74, 6) is -2.12. The van der Waals surface area contributed by atoms with Crippen molar-refractivity contribution in [1.29, 1.82) is 0 Å². The molecule has 7 heteroatoms. The number of H-pyrrole nitrogens is 1. The van der Waals surface area contributed by atoms with Crippen LogP contribution >= 0.6 is 15.9 Å². The number of likely N-dealkylation sites (tertiary alicyclic amines) is 1. The fourth-order valence-electron chi connectivity index (χ4n) is 4.44. The number of hydrogen-bond donors (Lipinski definition) is 2. The van der Waals surface area contributed by atoms with Crippen LogP contribution in [0.2, 0.25) is 0 Å². The van der Waals surface area contributed by atoms with Crippen LogP contribution in [0.5, 0.6) is 0 Å². The number of aliphatic hydroxyl groups excluding tert-OH is 1. The second kappa shape index (κ2) is 8.91. The highest BCUT2D eigenvalue weighted by Gasteiger charge is 2.45. The molecule has 1 amide bonds. The van der Waals surface area contributed by atoms with Gasteiger partial charge in [0.05, 0.1) is 11.6 Å². The summed E-state index contributed by atoms with van der Waals surface area (Å²) >= 11 is 3.36. The number of aliphatic hydroxyl groups is 1. The van der Waals surface area contributed by atoms with Gasteiger partial charge >= 0.3 is 0 Å². The molecule has 2 N–H and O–H groups in total. The Balaban J connectivity index is 1.56. The molecule has 0 aliphatic carbocycles. The van der Waals surface area contributed by atoms with E-state index in [4.69, 9.17) is 0 Å². The topological polar surface area (TPSA) is 73.4 Å². The lowest BCUT2D eigenvalue weighted by Crippen LogP contribution is -2.31. The molecule has 0 spiro atoms. The minimum atomic E-state index is -0.825. The van der Waals surface area contributed by atoms with Crippen LogP contribution in [0.15, 0.2) is 89.0 Å². The molecule has 1 aromatic heterocycles. The second-order valence-electron chi connectivity index (χ2n) is 8.16. The van der Waals surface area contributed by atoms with Gasteiger partial charge in [-0.1, -0.05) is 58.4 Å². The van der Waals surface area contributed by atoms with Gasteiger partial charge in [0.1, 0.15) is 11.6 Å². The van der Waals surface area contributed by atoms with E-state index in [0.29, 0.717) is 17.5 Å². The van der Waals surface area contributed by atoms with Crippen molar-refractivity contribution < 1.29 is 19.1 Å². The van der Waals surface area contributed by atoms with E-state index in [1.54, 1.807) is 36.4 Å². The maximum absolute atomic E-state index is 13.6. The predicted molar refractivity (Wildman–Crippen MR) is 132 cm³/mol. The lowest BCUT2D eigenvalue weighted by atomic mass is 9.95. The number of benzene rings is 3. The van der Waals surface area contributed by atoms with Crippen molar-refractivity contribution in [3.8, 4) is 0 Å². The summed E-state index contributed by atoms with van der Waals surface area (Å²) in [5, 5.41) is 12.1. The van der Waals surface area contributed by atoms with Crippen molar-refractivity contribution in [2.24, 2.45) is 0 Å². The van der Waals surface area contributed by atoms with Crippen LogP contribution in [0.3, 0.4) is 0 Å². The zero-order valence-corrected chi connectivity index (χ0v) is 19.5. The summed E-state index contributed by atoms with van der Waals surface area (Å²) in [6.07, 6.45) is 2.41. The van der Waals surface area contributed by atoms with Gasteiger partial charge in [0.25, 0.3) is 11.7 Å². The number of aromatic nitrogens is 1. The van der Waals surface area contributed by atoms with E-state index in [-0.39, 0.29) is 17.9 Å². The number of nitrogens with zero attached hydrogens (tertiary/aromatic N) is 1. The highest BCUT2D eigenvalue weighted by molar-refractivity contribution is 9.10. The molecule has 2 heterocycles. The zero-order valence-electron chi connectivity index (χ0n) is 18.0. The fraction of sp³-hybridized carbons (Fsp3) is 0.111. The molecule has 170 valence electrons. The van der Waals surface area contributed by atoms with Crippen molar-refractivity contribution in [2.45, 2.75) is 12.5 Å². The van der Waals surface area contributed by atoms with Crippen LogP contribution in [-0.2, 0) is 16.0 Å². The Kier molecular flexibility index (Phi) is 5.79. The van der Waals surface area contributed by atoms with Crippen LogP contribution in [0.25, 0.3) is 16.7 Å². The molecule has 3 aromatic carbocycles. The lowest BCUT2D eigenvalue weighted by Gasteiger charge is -2.25. The number of rotatable bonds is 5. The molecule has 1 aliphatic heterocycles. The Labute approximate surface area is 203 Å². The van der Waals surface area contributed by atoms with E-state index in [1.807, 2.05) is 30.5 Å². The van der Waals surface area contributed by atoms with E-state index < -0.39 is 23.5 Å². The number of para-hydroxylation sites is 1. The first-order valence-corrected chi connectivity index (χ1v) is 11.6. The number of Topliss-reactive ketones (excluding diaryl/α,β-unsaturated/α-hetero) is 1. The van der Waals surface area contributed by atoms with Gasteiger partial charge in [0, 0.05) is 33.7 Å². The van der Waals surface area contributed by atoms with E-state index in [9.17, 15) is 19.1 Å². The highest BCUT2D eigenvalue weighted by atomic mass is 79.9. The smallest absolute Gasteiger partial charge is 0.295 e. The number of aromatic amines is 1. The first-order valence-electron chi connectivity index (χ1n) is 10.8. The zero-order chi connectivity index (χ0) is 23.8. The number of nitrogens with one attached hydrogen (secondary N) is 1. The maximum atomic E-state index is 13.6. The largest absolute Gasteiger partial charge is 0.507 e. The summed E-state index contributed by atoms with van der Waals surface area (Å²) in [4.78, 5) is 30.9. The molecule has 34 heavy (non-hydrogen) atoms. The number of carbonyl (C=O) groups excluding carboxylic acids is 2. The van der Waals surface area contributed by atoms with Gasteiger partial charge in [-0.15, -0.1) is 0 Å². The van der Waals surface area contributed by atoms with Crippen molar-refractivity contribution >= 4 is 44.3 Å². The molecule has 1 atom stereocenters. The van der Waals surface area contributed by atoms with E-state index in [0.717, 1.165) is 20.9 Å². The molecule has 5 nitrogen and oxygen atoms in total. The third-order valence-corrected chi connectivity index (χ3v) is 6.67. The average Bonchev–Trinajstić information content (AvgIpc) is 3.37. The summed E-state index contributed by atoms with van der Waals surface area (Å²) in [6, 6.07) is 19.5. The fourth-order valence-corrected chi connectivity index (χ4v) is 4.71. The van der Waals surface area contributed by atoms with Crippen molar-refractivity contribution in [3.05, 3.63) is 112 Å². The highest BCUT2D eigenvalue weighted by Crippen LogP contribution is 2.39. The van der Waals surface area contributed by atoms with Gasteiger partial charge in [-0.25, -0.2) is 4.39 Å². The second-order valence-corrected chi connectivity index (χ2v) is 9.08. The number of fused-ring (bicyclic) bond motifs is 1. The van der Waals surface area contributed by atoms with Crippen LogP contribution in [0.4, 0.5) is 4.39 Å². The standard InChI is InChI=1S/C27H20BrFN2O3/c28-19-9-5-17(6-10-19)25(32)23-24(16-7-11-20(29)12-8-16)31(27(34)26(23)33)14-13-18-15-30-22-4-2-1-3-21(18)22/h1-12,15,24,30,32H,13-14H2/b25-23+. The number of halogens is 2. The first kappa shape index (κ1) is 22.1. The molecular formula is C27H20BrFN2O3. The predicted octanol–water partition coefficient (Wildman–Crippen LogP) is 5.73. The molecule has 0 radical (unpaired) electrons. The molecular weight excluding hydrogens is 499 g/mol. The monoisotopic (exact) mass is 518 g/mol. The Morgan fingerprint density at radius 3 is 2.44 bits per heavy atom. The summed E-state index contributed by atoms with van der Waals surface area (Å²) in [5.41, 5.74) is 2.98. The Bertz CT molecular complexity index is 1420. The third-order valence-electron chi connectivity index (χ3n) is 6.14. The molecule has 4 aromatic rings. The number of carbonyl (C=O) groups is 2. The van der Waals surface area contributed by atoms with E-state index in [1.165, 1.54) is 17.0 Å². The maximum Gasteiger partial charge on any atom is 0.295 e. The molecule has 5 rings (SSSR count). The molecule has 0 saturated carbocycles. The van der Waals surface area contributed by atoms with Crippen molar-refractivity contribution in [3.63, 3.8) is 0 Å². The lowest BCUT2D eigenvalue weighted by molar-refractivity contribution is -0.139. The van der Waals surface area contributed by atoms with Crippen LogP contribution in [0, 0.1) is 5.82 Å². The van der Waals surface area contributed by atoms with E-state index in [2.05, 4.69) is 20.9 Å². The Morgan fingerprint density at radius 1 is 1.00 bits per heavy atom. The van der Waals surface area contributed by atoms with Gasteiger partial charge in [-0.05, 0) is 47.9 Å². The first-order chi connectivity index (χ1) is 16.4. The SMILES string of the molecule is O=C1C(=O)N(CCc2c[nH]c3ccccc23)C(c2ccc(F)cc2)/C1=C(\O)c1ccc(Br)cc1. The van der Waals surface area contributed by atoms with Crippen molar-refractivity contribution in [2.75, 3.05) is 6.54 Å². The van der Waals surface area contributed by atoms with E-state index >= 15 is 0 Å². The normalized spacial score (nSPS) is 17.6. The van der Waals surface area contributed by atoms with Gasteiger partial charge < -0.3 is 15.0 Å². The van der Waals surface area contributed by atoms with Gasteiger partial charge in [0.15, 0.2) is 0 Å². The Morgan fingerprint density at radius 2 is 1.71 bits per heavy atom. The molecule has 1 unspecified atom stereocenters. The Hall–Kier alpha value is -3.71. The summed E-state index contributed by atoms with van der Waals surface area (Å²) in [7, 11) is 0. The third kappa shape index (κ3) is 3.92. The van der Waals surface area contributed by atoms with Gasteiger partial charge in [0.2, 0.25) is 0 Å². The number of hydrogen-bond acceptors (Lipinski definition) is 3. The quantitative estimate of drug-likeness (QED) is 0.201. The number of ketones is 1. The minimum Gasteiger partial charge on any atom is -0.507 e. The van der Waals surface area contributed by atoms with Crippen molar-refractivity contribution in [1.82, 2.24) is 9.88 Å². The molecule has 1 saturated heterocycles. The van der Waals surface area contributed by atoms with Crippen LogP contribution < -0.4 is 0 Å². The molecule has 0 bridgehead atoms. The van der Waals surface area contributed by atoms with Gasteiger partial charge in [-0.3, -0.25) is 9.59 Å². The number of amides is 1. The van der Waals surface area contributed by atoms with Crippen LogP contribution in [-0.4, -0.2) is 33.2 Å². The summed E-state index contributed by atoms with van der Waals surface area (Å²) in [6.45, 7) is 0.256. The molecule has 1 aliphatic rings. The van der Waals surface area contributed by atoms with Crippen LogP contribution in [0.1, 0.15) is 22.7 Å². The summed E-state index contributed by atoms with van der Waals surface area (Å²) < 4.78 is 14.5. The van der Waals surface area contributed by atoms with Gasteiger partial charge in [-0.2, -0.15) is 0 Å². The average molecular weight is 519 g/mol. The minimum absolute atomic E-state index is 0.00198. The molecule has 1 fully saturated rings.